The Morgan fingerprint density at radius 1 is 0.672 bits per heavy atom. The first-order valence-corrected chi connectivity index (χ1v) is 20.4. The van der Waals surface area contributed by atoms with Crippen LogP contribution < -0.4 is 0 Å². The molecule has 0 fully saturated rings. The zero-order valence-corrected chi connectivity index (χ0v) is 38.1. The molecule has 0 unspecified atom stereocenters. The summed E-state index contributed by atoms with van der Waals surface area (Å²) in [6, 6.07) is 5.91. The zero-order chi connectivity index (χ0) is 45.3. The molecular formula is C48H57F2N7O4. The number of carbonyl (C=O) groups is 2. The van der Waals surface area contributed by atoms with Crippen LogP contribution in [0.4, 0.5) is 8.78 Å². The number of hydrogen-bond donors (Lipinski definition) is 2. The van der Waals surface area contributed by atoms with Gasteiger partial charge >= 0.3 is 11.9 Å². The number of rotatable bonds is 6. The molecule has 0 saturated heterocycles. The normalized spacial score (nSPS) is 13.7. The number of ether oxygens (including phenoxy) is 2. The van der Waals surface area contributed by atoms with E-state index in [1.54, 1.807) is 6.92 Å². The standard InChI is InChI=1S/C48H57F2N7O4/c1-23(2)43(58)60-17-18-61-44(59)34-25(4)24(3)33(37(49)38(34)50)35-36(48(14,15)16)42-55-31-21-27(45(5,6)7)30(52-31)20-26-19-28(46(8,9)10)39(51-26)53-32-22-29(47(11,12)13)40(54-32)56-41(35)57-42/h19-22H,1,17-18H2,2-16H3,(H2,51,52,53,54,55,56,57). The van der Waals surface area contributed by atoms with Crippen LogP contribution in [-0.4, -0.2) is 60.0 Å². The number of esters is 2. The molecule has 0 atom stereocenters. The van der Waals surface area contributed by atoms with E-state index in [1.807, 2.05) is 39.0 Å². The number of benzene rings is 1. The molecular weight excluding hydrogens is 777 g/mol. The van der Waals surface area contributed by atoms with E-state index in [-0.39, 0.29) is 63.5 Å². The minimum absolute atomic E-state index is 0.101. The van der Waals surface area contributed by atoms with E-state index in [2.05, 4.69) is 84.9 Å². The second-order valence-electron chi connectivity index (χ2n) is 20.0. The summed E-state index contributed by atoms with van der Waals surface area (Å²) in [6.07, 6.45) is 2.07. The summed E-state index contributed by atoms with van der Waals surface area (Å²) in [6.45, 7) is 32.2. The lowest BCUT2D eigenvalue weighted by molar-refractivity contribution is -0.140. The van der Waals surface area contributed by atoms with Gasteiger partial charge in [0.25, 0.3) is 0 Å². The van der Waals surface area contributed by atoms with Crippen molar-refractivity contribution in [1.82, 2.24) is 34.9 Å². The fourth-order valence-corrected chi connectivity index (χ4v) is 7.49. The van der Waals surface area contributed by atoms with Gasteiger partial charge in [-0.15, -0.1) is 0 Å². The molecule has 6 rings (SSSR count). The molecule has 0 radical (unpaired) electrons. The Bertz CT molecular complexity index is 2720. The lowest BCUT2D eigenvalue weighted by Gasteiger charge is -2.24. The summed E-state index contributed by atoms with van der Waals surface area (Å²) in [4.78, 5) is 57.4. The van der Waals surface area contributed by atoms with E-state index >= 15 is 8.78 Å². The highest BCUT2D eigenvalue weighted by Gasteiger charge is 2.37. The lowest BCUT2D eigenvalue weighted by Crippen LogP contribution is -2.18. The van der Waals surface area contributed by atoms with Gasteiger partial charge in [0.2, 0.25) is 0 Å². The third-order valence-corrected chi connectivity index (χ3v) is 10.7. The maximum Gasteiger partial charge on any atom is 0.341 e. The summed E-state index contributed by atoms with van der Waals surface area (Å²) in [5, 5.41) is 0. The molecule has 3 aromatic heterocycles. The molecule has 11 nitrogen and oxygen atoms in total. The molecule has 322 valence electrons. The van der Waals surface area contributed by atoms with Gasteiger partial charge in [-0.05, 0) is 83.4 Å². The van der Waals surface area contributed by atoms with Crippen molar-refractivity contribution >= 4 is 57.2 Å². The summed E-state index contributed by atoms with van der Waals surface area (Å²) >= 11 is 0. The number of H-pyrrole nitrogens is 2. The van der Waals surface area contributed by atoms with Crippen molar-refractivity contribution in [1.29, 1.82) is 0 Å². The van der Waals surface area contributed by atoms with Crippen molar-refractivity contribution in [2.45, 2.75) is 115 Å². The van der Waals surface area contributed by atoms with Crippen LogP contribution >= 0.6 is 0 Å². The number of halogens is 2. The first kappa shape index (κ1) is 44.7. The number of aromatic nitrogens is 7. The van der Waals surface area contributed by atoms with Crippen molar-refractivity contribution in [3.8, 4) is 0 Å². The fraction of sp³-hybridized carbons (Fsp3) is 0.438. The quantitative estimate of drug-likeness (QED) is 0.110. The van der Waals surface area contributed by atoms with Crippen LogP contribution in [0.3, 0.4) is 0 Å². The molecule has 2 aliphatic heterocycles. The molecule has 0 saturated carbocycles. The number of allylic oxidation sites excluding steroid dienone is 2. The number of hydrogen-bond acceptors (Lipinski definition) is 9. The van der Waals surface area contributed by atoms with Gasteiger partial charge in [0, 0.05) is 38.9 Å². The molecule has 61 heavy (non-hydrogen) atoms. The molecule has 13 heteroatoms. The Morgan fingerprint density at radius 2 is 1.26 bits per heavy atom. The third-order valence-electron chi connectivity index (χ3n) is 10.7. The van der Waals surface area contributed by atoms with E-state index in [0.29, 0.717) is 28.3 Å². The molecule has 1 aromatic carbocycles. The molecule has 4 aromatic rings. The molecule has 0 aliphatic carbocycles. The number of fused-ring (bicyclic) bond motifs is 8. The van der Waals surface area contributed by atoms with Gasteiger partial charge in [0.05, 0.1) is 5.69 Å². The Kier molecular flexibility index (Phi) is 11.4. The highest BCUT2D eigenvalue weighted by molar-refractivity contribution is 6.02. The van der Waals surface area contributed by atoms with E-state index in [9.17, 15) is 9.59 Å². The number of nitrogens with one attached hydrogen (secondary N) is 2. The maximum atomic E-state index is 17.1. The molecule has 0 amide bonds. The summed E-state index contributed by atoms with van der Waals surface area (Å²) in [7, 11) is 0. The fourth-order valence-electron chi connectivity index (χ4n) is 7.49. The van der Waals surface area contributed by atoms with Gasteiger partial charge in [-0.2, -0.15) is 0 Å². The predicted octanol–water partition coefficient (Wildman–Crippen LogP) is 10.9. The number of nitrogens with zero attached hydrogens (tertiary/aromatic N) is 5. The van der Waals surface area contributed by atoms with Gasteiger partial charge < -0.3 is 19.4 Å². The lowest BCUT2D eigenvalue weighted by atomic mass is 9.80. The first-order valence-electron chi connectivity index (χ1n) is 20.4. The van der Waals surface area contributed by atoms with E-state index < -0.39 is 40.0 Å². The minimum Gasteiger partial charge on any atom is -0.459 e. The van der Waals surface area contributed by atoms with Gasteiger partial charge in [-0.3, -0.25) is 0 Å². The average Bonchev–Trinajstić information content (AvgIpc) is 3.90. The molecule has 5 heterocycles. The summed E-state index contributed by atoms with van der Waals surface area (Å²) < 4.78 is 43.9. The summed E-state index contributed by atoms with van der Waals surface area (Å²) in [5.74, 6) is -3.49. The van der Waals surface area contributed by atoms with Crippen LogP contribution in [0.1, 0.15) is 151 Å². The van der Waals surface area contributed by atoms with Gasteiger partial charge in [-0.25, -0.2) is 43.3 Å². The number of carbonyl (C=O) groups excluding carboxylic acids is 2. The van der Waals surface area contributed by atoms with Crippen molar-refractivity contribution in [3.63, 3.8) is 0 Å². The second kappa shape index (κ2) is 15.6. The maximum absolute atomic E-state index is 17.1. The largest absolute Gasteiger partial charge is 0.459 e. The second-order valence-corrected chi connectivity index (χ2v) is 20.0. The van der Waals surface area contributed by atoms with Crippen LogP contribution in [0, 0.1) is 36.3 Å². The molecule has 2 N–H and O–H groups in total. The van der Waals surface area contributed by atoms with Crippen molar-refractivity contribution < 1.29 is 27.8 Å². The summed E-state index contributed by atoms with van der Waals surface area (Å²) in [5.41, 5.74) is 4.67. The average molecular weight is 834 g/mol. The third kappa shape index (κ3) is 8.83. The Morgan fingerprint density at radius 3 is 1.85 bits per heavy atom. The molecule has 2 aliphatic rings. The van der Waals surface area contributed by atoms with Crippen LogP contribution in [0.25, 0.3) is 45.3 Å². The van der Waals surface area contributed by atoms with Gasteiger partial charge in [0.15, 0.2) is 29.1 Å². The van der Waals surface area contributed by atoms with Gasteiger partial charge in [-0.1, -0.05) is 89.7 Å². The zero-order valence-electron chi connectivity index (χ0n) is 38.1. The highest BCUT2D eigenvalue weighted by Crippen LogP contribution is 2.47. The van der Waals surface area contributed by atoms with Crippen LogP contribution in [0.2, 0.25) is 0 Å². The Labute approximate surface area is 356 Å². The highest BCUT2D eigenvalue weighted by atomic mass is 19.2. The first-order chi connectivity index (χ1) is 28.1. The van der Waals surface area contributed by atoms with Crippen LogP contribution in [0.5, 0.6) is 0 Å². The van der Waals surface area contributed by atoms with Crippen molar-refractivity contribution in [3.05, 3.63) is 98.5 Å². The SMILES string of the molecule is C=C(C)C(=O)OCCOC(=O)c1c(C)c(C)c(C2=C(C(C)(C)C)c3nc2nc2[nH]c(cc2C(C)(C)C)nc2nc(cc4[nH]c(cc4C(C)(C)C)n3)C=C2C(C)(C)C)c(F)c1F. The monoisotopic (exact) mass is 833 g/mol. The predicted molar refractivity (Wildman–Crippen MR) is 236 cm³/mol. The van der Waals surface area contributed by atoms with Crippen molar-refractivity contribution in [2.75, 3.05) is 13.2 Å². The van der Waals surface area contributed by atoms with Crippen molar-refractivity contribution in [2.24, 2.45) is 10.8 Å². The van der Waals surface area contributed by atoms with E-state index in [4.69, 9.17) is 34.4 Å². The van der Waals surface area contributed by atoms with Crippen LogP contribution in [0.15, 0.2) is 30.4 Å². The Hall–Kier alpha value is -5.85. The molecule has 0 spiro atoms. The topological polar surface area (TPSA) is 149 Å². The van der Waals surface area contributed by atoms with E-state index in [1.165, 1.54) is 13.8 Å². The molecule has 8 bridgehead atoms. The number of aromatic amines is 2. The Balaban J connectivity index is 1.71. The van der Waals surface area contributed by atoms with Crippen LogP contribution in [-0.2, 0) is 25.1 Å². The minimum atomic E-state index is -1.39. The smallest absolute Gasteiger partial charge is 0.341 e. The van der Waals surface area contributed by atoms with E-state index in [0.717, 1.165) is 27.9 Å². The van der Waals surface area contributed by atoms with Gasteiger partial charge in [0.1, 0.15) is 35.7 Å².